The van der Waals surface area contributed by atoms with Crippen LogP contribution in [0, 0.1) is 11.3 Å². The molecule has 1 aliphatic rings. The van der Waals surface area contributed by atoms with Crippen molar-refractivity contribution in [1.29, 1.82) is 5.26 Å². The van der Waals surface area contributed by atoms with Crippen LogP contribution >= 0.6 is 0 Å². The summed E-state index contributed by atoms with van der Waals surface area (Å²) in [6.45, 7) is 3.50. The summed E-state index contributed by atoms with van der Waals surface area (Å²) in [5.41, 5.74) is 3.04. The molecule has 1 amide bonds. The first-order valence-corrected chi connectivity index (χ1v) is 10.7. The van der Waals surface area contributed by atoms with Gasteiger partial charge in [-0.15, -0.1) is 0 Å². The van der Waals surface area contributed by atoms with Crippen LogP contribution in [0.25, 0.3) is 11.0 Å². The van der Waals surface area contributed by atoms with E-state index in [1.54, 1.807) is 12.1 Å². The summed E-state index contributed by atoms with van der Waals surface area (Å²) < 4.78 is 0. The van der Waals surface area contributed by atoms with E-state index in [0.29, 0.717) is 29.5 Å². The average Bonchev–Trinajstić information content (AvgIpc) is 3.24. The number of nitrogens with zero attached hydrogens (tertiary/aromatic N) is 3. The summed E-state index contributed by atoms with van der Waals surface area (Å²) in [6, 6.07) is 18.5. The molecule has 6 heteroatoms. The van der Waals surface area contributed by atoms with E-state index < -0.39 is 0 Å². The minimum Gasteiger partial charge on any atom is -0.334 e. The van der Waals surface area contributed by atoms with Crippen LogP contribution in [-0.2, 0) is 6.54 Å². The predicted molar refractivity (Wildman–Crippen MR) is 117 cm³/mol. The van der Waals surface area contributed by atoms with E-state index in [4.69, 9.17) is 0 Å². The average molecular weight is 402 g/mol. The molecule has 6 nitrogen and oxygen atoms in total. The fourth-order valence-electron chi connectivity index (χ4n) is 4.42. The molecule has 2 aromatic carbocycles. The molecular weight excluding hydrogens is 374 g/mol. The number of carbonyl (C=O) groups is 1. The number of hydrogen-bond donors (Lipinski definition) is 2. The number of hydrogen-bond acceptors (Lipinski definition) is 4. The number of H-pyrrole nitrogens is 1. The Morgan fingerprint density at radius 1 is 1.23 bits per heavy atom. The van der Waals surface area contributed by atoms with Crippen molar-refractivity contribution in [3.8, 4) is 6.07 Å². The summed E-state index contributed by atoms with van der Waals surface area (Å²) >= 11 is 0. The SMILES string of the molecule is CCN(C(=O)c1nc2c(C#N)cccc2[nH]1)C1CCCC(NCc2ccccc2)C1. The molecule has 2 N–H and O–H groups in total. The predicted octanol–water partition coefficient (Wildman–Crippen LogP) is 4.00. The molecule has 154 valence electrons. The Labute approximate surface area is 176 Å². The van der Waals surface area contributed by atoms with Gasteiger partial charge in [-0.05, 0) is 50.3 Å². The second-order valence-corrected chi connectivity index (χ2v) is 7.87. The Morgan fingerprint density at radius 3 is 2.83 bits per heavy atom. The lowest BCUT2D eigenvalue weighted by molar-refractivity contribution is 0.0617. The lowest BCUT2D eigenvalue weighted by Gasteiger charge is -2.37. The molecule has 4 rings (SSSR count). The molecule has 3 aromatic rings. The molecular formula is C24H27N5O. The van der Waals surface area contributed by atoms with E-state index in [0.717, 1.165) is 37.7 Å². The van der Waals surface area contributed by atoms with Crippen molar-refractivity contribution in [3.63, 3.8) is 0 Å². The Morgan fingerprint density at radius 2 is 2.07 bits per heavy atom. The van der Waals surface area contributed by atoms with Crippen molar-refractivity contribution < 1.29 is 4.79 Å². The number of benzene rings is 2. The van der Waals surface area contributed by atoms with Crippen LogP contribution < -0.4 is 5.32 Å². The summed E-state index contributed by atoms with van der Waals surface area (Å²) in [5, 5.41) is 13.0. The summed E-state index contributed by atoms with van der Waals surface area (Å²) in [7, 11) is 0. The number of rotatable bonds is 6. The van der Waals surface area contributed by atoms with Crippen LogP contribution in [0.4, 0.5) is 0 Å². The fourth-order valence-corrected chi connectivity index (χ4v) is 4.42. The Kier molecular flexibility index (Phi) is 6.10. The van der Waals surface area contributed by atoms with Crippen LogP contribution in [0.15, 0.2) is 48.5 Å². The van der Waals surface area contributed by atoms with Gasteiger partial charge in [0.2, 0.25) is 0 Å². The quantitative estimate of drug-likeness (QED) is 0.654. The minimum absolute atomic E-state index is 0.0914. The van der Waals surface area contributed by atoms with Gasteiger partial charge in [-0.1, -0.05) is 36.4 Å². The van der Waals surface area contributed by atoms with E-state index in [9.17, 15) is 10.1 Å². The monoisotopic (exact) mass is 401 g/mol. The fraction of sp³-hybridized carbons (Fsp3) is 0.375. The van der Waals surface area contributed by atoms with Crippen molar-refractivity contribution in [1.82, 2.24) is 20.2 Å². The van der Waals surface area contributed by atoms with Crippen LogP contribution in [0.3, 0.4) is 0 Å². The Hall–Kier alpha value is -3.17. The van der Waals surface area contributed by atoms with E-state index in [-0.39, 0.29) is 11.9 Å². The highest BCUT2D eigenvalue weighted by molar-refractivity contribution is 5.95. The number of aromatic nitrogens is 2. The van der Waals surface area contributed by atoms with Crippen LogP contribution in [0.5, 0.6) is 0 Å². The molecule has 1 saturated carbocycles. The summed E-state index contributed by atoms with van der Waals surface area (Å²) in [6.07, 6.45) is 4.17. The maximum Gasteiger partial charge on any atom is 0.289 e. The topological polar surface area (TPSA) is 84.8 Å². The highest BCUT2D eigenvalue weighted by Gasteiger charge is 2.30. The largest absolute Gasteiger partial charge is 0.334 e. The van der Waals surface area contributed by atoms with Gasteiger partial charge in [0.25, 0.3) is 5.91 Å². The first kappa shape index (κ1) is 20.1. The third kappa shape index (κ3) is 4.22. The van der Waals surface area contributed by atoms with Crippen LogP contribution in [-0.4, -0.2) is 39.4 Å². The molecule has 2 atom stereocenters. The van der Waals surface area contributed by atoms with Gasteiger partial charge in [0.1, 0.15) is 11.6 Å². The zero-order chi connectivity index (χ0) is 20.9. The molecule has 1 aliphatic carbocycles. The molecule has 0 saturated heterocycles. The first-order chi connectivity index (χ1) is 14.7. The van der Waals surface area contributed by atoms with E-state index >= 15 is 0 Å². The zero-order valence-electron chi connectivity index (χ0n) is 17.3. The van der Waals surface area contributed by atoms with Gasteiger partial charge in [0.05, 0.1) is 11.1 Å². The number of para-hydroxylation sites is 1. The highest BCUT2D eigenvalue weighted by Crippen LogP contribution is 2.25. The van der Waals surface area contributed by atoms with Crippen molar-refractivity contribution in [2.75, 3.05) is 6.54 Å². The molecule has 1 heterocycles. The van der Waals surface area contributed by atoms with E-state index in [1.165, 1.54) is 5.56 Å². The van der Waals surface area contributed by atoms with E-state index in [1.807, 2.05) is 24.0 Å². The number of nitriles is 1. The standard InChI is InChI=1S/C24H27N5O/c1-2-29(24(30)23-27-21-13-6-10-18(15-25)22(21)28-23)20-12-7-11-19(14-20)26-16-17-8-4-3-5-9-17/h3-6,8-10,13,19-20,26H,2,7,11-12,14,16H2,1H3,(H,27,28). The second-order valence-electron chi connectivity index (χ2n) is 7.87. The molecule has 0 aliphatic heterocycles. The number of aromatic amines is 1. The molecule has 0 spiro atoms. The molecule has 30 heavy (non-hydrogen) atoms. The second kappa shape index (κ2) is 9.10. The summed E-state index contributed by atoms with van der Waals surface area (Å²) in [5.74, 6) is 0.222. The molecule has 1 fully saturated rings. The van der Waals surface area contributed by atoms with Gasteiger partial charge in [-0.25, -0.2) is 4.98 Å². The maximum atomic E-state index is 13.3. The van der Waals surface area contributed by atoms with Crippen molar-refractivity contribution in [2.24, 2.45) is 0 Å². The highest BCUT2D eigenvalue weighted by atomic mass is 16.2. The number of carbonyl (C=O) groups excluding carboxylic acids is 1. The number of nitrogens with one attached hydrogen (secondary N) is 2. The molecule has 0 radical (unpaired) electrons. The van der Waals surface area contributed by atoms with Gasteiger partial charge < -0.3 is 15.2 Å². The Balaban J connectivity index is 1.46. The van der Waals surface area contributed by atoms with Gasteiger partial charge in [0.15, 0.2) is 5.82 Å². The van der Waals surface area contributed by atoms with Crippen molar-refractivity contribution in [3.05, 3.63) is 65.5 Å². The molecule has 0 bridgehead atoms. The maximum absolute atomic E-state index is 13.3. The van der Waals surface area contributed by atoms with Crippen molar-refractivity contribution in [2.45, 2.75) is 51.2 Å². The normalized spacial score (nSPS) is 18.8. The number of amides is 1. The summed E-state index contributed by atoms with van der Waals surface area (Å²) in [4.78, 5) is 22.8. The van der Waals surface area contributed by atoms with Gasteiger partial charge in [-0.2, -0.15) is 5.26 Å². The minimum atomic E-state index is -0.0914. The smallest absolute Gasteiger partial charge is 0.289 e. The van der Waals surface area contributed by atoms with E-state index in [2.05, 4.69) is 45.6 Å². The Bertz CT molecular complexity index is 1050. The number of imidazole rings is 1. The van der Waals surface area contributed by atoms with Gasteiger partial charge >= 0.3 is 0 Å². The van der Waals surface area contributed by atoms with Gasteiger partial charge in [-0.3, -0.25) is 4.79 Å². The van der Waals surface area contributed by atoms with Crippen LogP contribution in [0.1, 0.15) is 54.4 Å². The van der Waals surface area contributed by atoms with Crippen molar-refractivity contribution >= 4 is 16.9 Å². The lowest BCUT2D eigenvalue weighted by Crippen LogP contribution is -2.47. The third-order valence-corrected chi connectivity index (χ3v) is 5.96. The van der Waals surface area contributed by atoms with Crippen LogP contribution in [0.2, 0.25) is 0 Å². The molecule has 2 unspecified atom stereocenters. The number of fused-ring (bicyclic) bond motifs is 1. The third-order valence-electron chi connectivity index (χ3n) is 5.96. The molecule has 1 aromatic heterocycles. The van der Waals surface area contributed by atoms with Gasteiger partial charge in [0, 0.05) is 25.2 Å². The lowest BCUT2D eigenvalue weighted by atomic mass is 9.89. The zero-order valence-corrected chi connectivity index (χ0v) is 17.3. The first-order valence-electron chi connectivity index (χ1n) is 10.7.